The van der Waals surface area contributed by atoms with Crippen molar-refractivity contribution < 1.29 is 88.1 Å². The van der Waals surface area contributed by atoms with Crippen molar-refractivity contribution in [1.82, 2.24) is 14.9 Å². The summed E-state index contributed by atoms with van der Waals surface area (Å²) >= 11 is 5.58. The number of aryl methyl sites for hydroxylation is 2. The Morgan fingerprint density at radius 2 is 1.23 bits per heavy atom. The summed E-state index contributed by atoms with van der Waals surface area (Å²) in [6.07, 6.45) is 0. The van der Waals surface area contributed by atoms with Crippen LogP contribution in [0.15, 0.2) is 54.6 Å². The van der Waals surface area contributed by atoms with Crippen LogP contribution >= 0.6 is 11.6 Å². The fourth-order valence-electron chi connectivity index (χ4n) is 3.76. The molecule has 1 fully saturated rings. The van der Waals surface area contributed by atoms with Gasteiger partial charge in [0.05, 0.1) is 0 Å². The maximum Gasteiger partial charge on any atom is 0.132 e. The molecule has 0 atom stereocenters. The molecule has 2 radical (unpaired) electrons. The fraction of sp³-hybridized carbons (Fsp3) is 0.385. The number of rotatable bonds is 6. The van der Waals surface area contributed by atoms with Gasteiger partial charge < -0.3 is 16.4 Å². The van der Waals surface area contributed by atoms with Gasteiger partial charge in [-0.25, -0.2) is 9.97 Å². The van der Waals surface area contributed by atoms with Crippen LogP contribution in [-0.4, -0.2) is 41.0 Å². The number of nitrogens with one attached hydrogen (secondary N) is 2. The summed E-state index contributed by atoms with van der Waals surface area (Å²) in [5.74, 6) is 2.45. The average Bonchev–Trinajstić information content (AvgIpc) is 2.85. The van der Waals surface area contributed by atoms with Crippen LogP contribution in [0.25, 0.3) is 11.5 Å². The Hall–Kier alpha value is 0.373. The zero-order chi connectivity index (χ0) is 23.6. The fourth-order valence-corrected chi connectivity index (χ4v) is 3.94. The minimum Gasteiger partial charge on any atom is -0.674 e. The number of aromatic nitrogens is 2. The summed E-state index contributed by atoms with van der Waals surface area (Å²) < 4.78 is 0. The molecule has 1 aliphatic heterocycles. The monoisotopic (exact) mass is 918 g/mol. The van der Waals surface area contributed by atoms with Gasteiger partial charge >= 0.3 is 0 Å². The molecule has 1 saturated heterocycles. The van der Waals surface area contributed by atoms with Crippen LogP contribution in [0, 0.1) is 102 Å². The van der Waals surface area contributed by atoms with Crippen LogP contribution in [0.5, 0.6) is 0 Å². The first-order valence-corrected chi connectivity index (χ1v) is 11.8. The van der Waals surface area contributed by atoms with E-state index in [2.05, 4.69) is 50.1 Å². The summed E-state index contributed by atoms with van der Waals surface area (Å²) in [4.78, 5) is 13.7. The van der Waals surface area contributed by atoms with Crippen LogP contribution in [-0.2, 0) is 25.5 Å². The summed E-state index contributed by atoms with van der Waals surface area (Å²) in [5, 5.41) is 0. The minimum atomic E-state index is 0. The Labute approximate surface area is 286 Å². The smallest absolute Gasteiger partial charge is 0.132 e. The molecule has 35 heavy (non-hydrogen) atoms. The third-order valence-corrected chi connectivity index (χ3v) is 5.97. The van der Waals surface area contributed by atoms with E-state index in [4.69, 9.17) is 23.1 Å². The molecule has 4 rings (SSSR count). The summed E-state index contributed by atoms with van der Waals surface area (Å²) in [5.41, 5.74) is 20.0. The molecule has 182 valence electrons. The Bertz CT molecular complexity index is 950. The van der Waals surface area contributed by atoms with Crippen molar-refractivity contribution in [3.8, 4) is 0 Å². The van der Waals surface area contributed by atoms with E-state index in [1.165, 1.54) is 5.56 Å². The molecular formula is C26H33Ac2ClN6-2. The standard InChI is InChI=1S/C18H24N5.C8H9ClN.2Ac/c1-14-11-18(21-15(2)20-14)23-9-7-22(8-10-23)13-17-5-3-16(12-19)4-6-17;9-5-7-1-3-8(6-10)4-2-7;;/h3-6,11,19H,7-10,12-13H2,1-2H3;1-4,10H,5-6H2;;/q2*-1;;. The maximum absolute atomic E-state index is 7.37. The predicted molar refractivity (Wildman–Crippen MR) is 137 cm³/mol. The van der Waals surface area contributed by atoms with E-state index in [-0.39, 0.29) is 88.1 Å². The van der Waals surface area contributed by atoms with Crippen LogP contribution in [0.1, 0.15) is 33.8 Å². The maximum atomic E-state index is 7.37. The van der Waals surface area contributed by atoms with E-state index in [1.54, 1.807) is 0 Å². The number of hydrogen-bond acceptors (Lipinski definition) is 4. The normalized spacial score (nSPS) is 13.2. The number of halogens is 1. The van der Waals surface area contributed by atoms with Gasteiger partial charge in [0.1, 0.15) is 11.6 Å². The van der Waals surface area contributed by atoms with Crippen LogP contribution < -0.4 is 4.90 Å². The molecule has 1 aromatic heterocycles. The van der Waals surface area contributed by atoms with Gasteiger partial charge in [0.15, 0.2) is 0 Å². The molecule has 2 heterocycles. The first kappa shape index (κ1) is 33.4. The van der Waals surface area contributed by atoms with E-state index in [9.17, 15) is 0 Å². The molecule has 0 amide bonds. The van der Waals surface area contributed by atoms with E-state index in [0.29, 0.717) is 19.0 Å². The third kappa shape index (κ3) is 11.3. The summed E-state index contributed by atoms with van der Waals surface area (Å²) in [6, 6.07) is 18.3. The van der Waals surface area contributed by atoms with E-state index >= 15 is 0 Å². The van der Waals surface area contributed by atoms with Crippen LogP contribution in [0.4, 0.5) is 5.82 Å². The second kappa shape index (κ2) is 17.8. The van der Waals surface area contributed by atoms with Gasteiger partial charge in [-0.3, -0.25) is 4.90 Å². The summed E-state index contributed by atoms with van der Waals surface area (Å²) in [7, 11) is 0. The molecular weight excluding hydrogens is 886 g/mol. The van der Waals surface area contributed by atoms with Crippen molar-refractivity contribution in [1.29, 1.82) is 0 Å². The molecule has 2 N–H and O–H groups in total. The Morgan fingerprint density at radius 3 is 1.69 bits per heavy atom. The number of benzene rings is 2. The van der Waals surface area contributed by atoms with Gasteiger partial charge in [0.2, 0.25) is 0 Å². The molecule has 0 spiro atoms. The molecule has 3 aromatic rings. The van der Waals surface area contributed by atoms with Gasteiger partial charge in [0, 0.05) is 138 Å². The first-order chi connectivity index (χ1) is 16.0. The topological polar surface area (TPSA) is 79.9 Å². The van der Waals surface area contributed by atoms with E-state index < -0.39 is 0 Å². The largest absolute Gasteiger partial charge is 0.674 e. The minimum absolute atomic E-state index is 0. The van der Waals surface area contributed by atoms with Crippen LogP contribution in [0.2, 0.25) is 0 Å². The van der Waals surface area contributed by atoms with Gasteiger partial charge in [0.25, 0.3) is 0 Å². The van der Waals surface area contributed by atoms with E-state index in [1.807, 2.05) is 38.1 Å². The molecule has 9 heteroatoms. The molecule has 6 nitrogen and oxygen atoms in total. The zero-order valence-corrected chi connectivity index (χ0v) is 30.9. The second-order valence-electron chi connectivity index (χ2n) is 8.30. The summed E-state index contributed by atoms with van der Waals surface area (Å²) in [6.45, 7) is 9.75. The third-order valence-electron chi connectivity index (χ3n) is 5.66. The van der Waals surface area contributed by atoms with Crippen molar-refractivity contribution in [2.75, 3.05) is 31.1 Å². The molecule has 2 aromatic carbocycles. The molecule has 0 bridgehead atoms. The van der Waals surface area contributed by atoms with Crippen molar-refractivity contribution in [2.24, 2.45) is 0 Å². The van der Waals surface area contributed by atoms with Crippen molar-refractivity contribution in [3.63, 3.8) is 0 Å². The van der Waals surface area contributed by atoms with Crippen molar-refractivity contribution >= 4 is 17.4 Å². The Kier molecular flexibility index (Phi) is 17.0. The number of piperazine rings is 1. The second-order valence-corrected chi connectivity index (χ2v) is 8.57. The number of hydrogen-bond donors (Lipinski definition) is 0. The van der Waals surface area contributed by atoms with Crippen molar-refractivity contribution in [2.45, 2.75) is 39.4 Å². The van der Waals surface area contributed by atoms with Gasteiger partial charge in [-0.2, -0.15) is 0 Å². The zero-order valence-electron chi connectivity index (χ0n) is 20.7. The van der Waals surface area contributed by atoms with Crippen LogP contribution in [0.3, 0.4) is 0 Å². The first-order valence-electron chi connectivity index (χ1n) is 11.3. The number of anilines is 1. The van der Waals surface area contributed by atoms with Gasteiger partial charge in [-0.05, 0) is 25.0 Å². The predicted octanol–water partition coefficient (Wildman–Crippen LogP) is 5.95. The van der Waals surface area contributed by atoms with Crippen molar-refractivity contribution in [3.05, 3.63) is 99.8 Å². The Morgan fingerprint density at radius 1 is 0.743 bits per heavy atom. The molecule has 1 aliphatic rings. The molecule has 0 saturated carbocycles. The molecule has 0 unspecified atom stereocenters. The SMILES string of the molecule is Cc1cc(N2CCN(Cc3ccc(C[NH-])cc3)CC2)nc(C)n1.[Ac].[Ac].[NH-]Cc1ccc(CCl)cc1. The van der Waals surface area contributed by atoms with Gasteiger partial charge in [-0.15, -0.1) is 24.7 Å². The Balaban J connectivity index is 0.000000435. The van der Waals surface area contributed by atoms with E-state index in [0.717, 1.165) is 66.8 Å². The number of nitrogens with zero attached hydrogens (tertiary/aromatic N) is 4. The quantitative estimate of drug-likeness (QED) is 0.287. The van der Waals surface area contributed by atoms with Gasteiger partial charge in [-0.1, -0.05) is 59.7 Å². The number of alkyl halides is 1. The average molecular weight is 919 g/mol. The molecule has 0 aliphatic carbocycles.